The van der Waals surface area contributed by atoms with Gasteiger partial charge in [-0.25, -0.2) is 0 Å². The van der Waals surface area contributed by atoms with Crippen LogP contribution in [0.3, 0.4) is 0 Å². The Hall–Kier alpha value is -0.640. The molecule has 3 atom stereocenters. The Morgan fingerprint density at radius 1 is 1.16 bits per heavy atom. The van der Waals surface area contributed by atoms with Crippen LogP contribution in [0.4, 0.5) is 0 Å². The molecule has 3 rings (SSSR count). The fraction of sp³-hybridized carbons (Fsp3) is 0.867. The first-order chi connectivity index (χ1) is 9.11. The summed E-state index contributed by atoms with van der Waals surface area (Å²) in [6, 6.07) is 0. The summed E-state index contributed by atoms with van der Waals surface area (Å²) in [6.45, 7) is 0. The van der Waals surface area contributed by atoms with Gasteiger partial charge in [0, 0.05) is 5.92 Å². The van der Waals surface area contributed by atoms with Crippen LogP contribution in [0.2, 0.25) is 0 Å². The second kappa shape index (κ2) is 5.04. The van der Waals surface area contributed by atoms with Crippen LogP contribution in [-0.2, 0) is 4.79 Å². The van der Waals surface area contributed by atoms with Crippen LogP contribution in [0.15, 0.2) is 0 Å². The predicted molar refractivity (Wildman–Crippen MR) is 79.7 cm³/mol. The molecule has 1 amide bonds. The average Bonchev–Trinajstić information content (AvgIpc) is 3.02. The van der Waals surface area contributed by atoms with E-state index >= 15 is 0 Å². The van der Waals surface area contributed by atoms with E-state index in [9.17, 15) is 4.79 Å². The third-order valence-corrected chi connectivity index (χ3v) is 6.01. The molecule has 3 aliphatic rings. The summed E-state index contributed by atoms with van der Waals surface area (Å²) in [4.78, 5) is 13.1. The lowest BCUT2D eigenvalue weighted by Crippen LogP contribution is -2.59. The van der Waals surface area contributed by atoms with Gasteiger partial charge in [-0.2, -0.15) is 0 Å². The lowest BCUT2D eigenvalue weighted by molar-refractivity contribution is -0.128. The molecule has 19 heavy (non-hydrogen) atoms. The lowest BCUT2D eigenvalue weighted by atomic mass is 9.80. The number of hydrogen-bond acceptors (Lipinski definition) is 2. The molecule has 0 spiro atoms. The molecule has 0 aliphatic heterocycles. The van der Waals surface area contributed by atoms with Crippen molar-refractivity contribution in [1.29, 1.82) is 0 Å². The molecule has 106 valence electrons. The Kier molecular flexibility index (Phi) is 3.54. The number of amides is 1. The van der Waals surface area contributed by atoms with Gasteiger partial charge >= 0.3 is 0 Å². The largest absolute Gasteiger partial charge is 0.391 e. The Balaban J connectivity index is 1.68. The molecule has 0 aromatic rings. The molecule has 0 radical (unpaired) electrons. The summed E-state index contributed by atoms with van der Waals surface area (Å²) in [5.41, 5.74) is 5.56. The van der Waals surface area contributed by atoms with Crippen molar-refractivity contribution in [3.05, 3.63) is 0 Å². The highest BCUT2D eigenvalue weighted by molar-refractivity contribution is 7.80. The van der Waals surface area contributed by atoms with E-state index in [0.29, 0.717) is 10.9 Å². The second-order valence-electron chi connectivity index (χ2n) is 6.78. The molecule has 0 heterocycles. The Bertz CT molecular complexity index is 390. The third kappa shape index (κ3) is 2.39. The molecule has 0 saturated heterocycles. The van der Waals surface area contributed by atoms with Crippen molar-refractivity contribution < 1.29 is 4.79 Å². The van der Waals surface area contributed by atoms with E-state index in [0.717, 1.165) is 38.0 Å². The summed E-state index contributed by atoms with van der Waals surface area (Å²) < 4.78 is 0. The van der Waals surface area contributed by atoms with E-state index in [2.05, 4.69) is 5.32 Å². The quantitative estimate of drug-likeness (QED) is 0.781. The zero-order valence-corrected chi connectivity index (χ0v) is 12.3. The summed E-state index contributed by atoms with van der Waals surface area (Å²) in [6.07, 6.45) is 10.2. The summed E-state index contributed by atoms with van der Waals surface area (Å²) in [5.74, 6) is 1.87. The highest BCUT2D eigenvalue weighted by Gasteiger charge is 2.45. The Morgan fingerprint density at radius 2 is 1.89 bits per heavy atom. The van der Waals surface area contributed by atoms with Crippen LogP contribution in [0.1, 0.15) is 57.8 Å². The summed E-state index contributed by atoms with van der Waals surface area (Å²) in [7, 11) is 0. The topological polar surface area (TPSA) is 55.1 Å². The van der Waals surface area contributed by atoms with Crippen molar-refractivity contribution in [1.82, 2.24) is 5.32 Å². The third-order valence-electron chi connectivity index (χ3n) is 5.62. The lowest BCUT2D eigenvalue weighted by Gasteiger charge is -2.38. The predicted octanol–water partition coefficient (Wildman–Crippen LogP) is 2.53. The van der Waals surface area contributed by atoms with Crippen molar-refractivity contribution >= 4 is 23.1 Å². The fourth-order valence-electron chi connectivity index (χ4n) is 4.48. The SMILES string of the molecule is NC(=S)C1(NC(=O)C2CC3CCC2C3)CCCCC1. The van der Waals surface area contributed by atoms with Crippen molar-refractivity contribution in [3.63, 3.8) is 0 Å². The average molecular weight is 280 g/mol. The smallest absolute Gasteiger partial charge is 0.224 e. The molecule has 0 aromatic carbocycles. The molecular formula is C15H24N2OS. The van der Waals surface area contributed by atoms with Gasteiger partial charge in [-0.05, 0) is 43.9 Å². The molecule has 0 aromatic heterocycles. The van der Waals surface area contributed by atoms with E-state index in [4.69, 9.17) is 18.0 Å². The second-order valence-corrected chi connectivity index (χ2v) is 7.22. The van der Waals surface area contributed by atoms with Gasteiger partial charge in [0.2, 0.25) is 5.91 Å². The number of carbonyl (C=O) groups excluding carboxylic acids is 1. The number of rotatable bonds is 3. The van der Waals surface area contributed by atoms with Crippen molar-refractivity contribution in [3.8, 4) is 0 Å². The van der Waals surface area contributed by atoms with Crippen LogP contribution >= 0.6 is 12.2 Å². The van der Waals surface area contributed by atoms with E-state index in [-0.39, 0.29) is 17.4 Å². The first kappa shape index (κ1) is 13.3. The van der Waals surface area contributed by atoms with Gasteiger partial charge in [0.25, 0.3) is 0 Å². The monoisotopic (exact) mass is 280 g/mol. The van der Waals surface area contributed by atoms with Gasteiger partial charge in [-0.15, -0.1) is 0 Å². The maximum atomic E-state index is 12.6. The molecular weight excluding hydrogens is 256 g/mol. The number of nitrogens with one attached hydrogen (secondary N) is 1. The van der Waals surface area contributed by atoms with E-state index in [1.54, 1.807) is 0 Å². The van der Waals surface area contributed by atoms with Gasteiger partial charge in [0.1, 0.15) is 0 Å². The maximum absolute atomic E-state index is 12.6. The van der Waals surface area contributed by atoms with E-state index < -0.39 is 0 Å². The number of thiocarbonyl (C=S) groups is 1. The van der Waals surface area contributed by atoms with Crippen molar-refractivity contribution in [2.24, 2.45) is 23.5 Å². The minimum atomic E-state index is -0.382. The molecule has 3 aliphatic carbocycles. The molecule has 2 bridgehead atoms. The molecule has 4 heteroatoms. The summed E-state index contributed by atoms with van der Waals surface area (Å²) in [5, 5.41) is 3.25. The van der Waals surface area contributed by atoms with Crippen LogP contribution in [0, 0.1) is 17.8 Å². The molecule has 3 unspecified atom stereocenters. The van der Waals surface area contributed by atoms with E-state index in [1.165, 1.54) is 25.7 Å². The van der Waals surface area contributed by atoms with Gasteiger partial charge < -0.3 is 11.1 Å². The zero-order chi connectivity index (χ0) is 13.5. The highest BCUT2D eigenvalue weighted by atomic mass is 32.1. The standard InChI is InChI=1S/C15H24N2OS/c16-14(19)15(6-2-1-3-7-15)17-13(18)12-9-10-4-5-11(12)8-10/h10-12H,1-9H2,(H2,16,19)(H,17,18). The number of hydrogen-bond donors (Lipinski definition) is 2. The Morgan fingerprint density at radius 3 is 2.42 bits per heavy atom. The first-order valence-corrected chi connectivity index (χ1v) is 8.13. The zero-order valence-electron chi connectivity index (χ0n) is 11.5. The van der Waals surface area contributed by atoms with Crippen LogP contribution in [-0.4, -0.2) is 16.4 Å². The van der Waals surface area contributed by atoms with Crippen LogP contribution in [0.5, 0.6) is 0 Å². The van der Waals surface area contributed by atoms with Gasteiger partial charge in [-0.1, -0.05) is 37.9 Å². The van der Waals surface area contributed by atoms with Crippen LogP contribution < -0.4 is 11.1 Å². The first-order valence-electron chi connectivity index (χ1n) is 7.73. The summed E-state index contributed by atoms with van der Waals surface area (Å²) >= 11 is 5.25. The van der Waals surface area contributed by atoms with Crippen molar-refractivity contribution in [2.45, 2.75) is 63.3 Å². The number of carbonyl (C=O) groups is 1. The van der Waals surface area contributed by atoms with Gasteiger partial charge in [-0.3, -0.25) is 4.79 Å². The van der Waals surface area contributed by atoms with E-state index in [1.807, 2.05) is 0 Å². The normalized spacial score (nSPS) is 36.1. The molecule has 3 nitrogen and oxygen atoms in total. The van der Waals surface area contributed by atoms with Crippen molar-refractivity contribution in [2.75, 3.05) is 0 Å². The minimum absolute atomic E-state index is 0.224. The Labute approximate surface area is 120 Å². The molecule has 3 fully saturated rings. The minimum Gasteiger partial charge on any atom is -0.391 e. The molecule has 3 saturated carbocycles. The van der Waals surface area contributed by atoms with Gasteiger partial charge in [0.05, 0.1) is 10.5 Å². The van der Waals surface area contributed by atoms with Gasteiger partial charge in [0.15, 0.2) is 0 Å². The fourth-order valence-corrected chi connectivity index (χ4v) is 4.74. The number of fused-ring (bicyclic) bond motifs is 2. The van der Waals surface area contributed by atoms with Crippen LogP contribution in [0.25, 0.3) is 0 Å². The maximum Gasteiger partial charge on any atom is 0.224 e. The molecule has 3 N–H and O–H groups in total. The number of nitrogens with two attached hydrogens (primary N) is 1. The highest BCUT2D eigenvalue weighted by Crippen LogP contribution is 2.48.